The van der Waals surface area contributed by atoms with Crippen LogP contribution in [0.4, 0.5) is 0 Å². The van der Waals surface area contributed by atoms with Gasteiger partial charge in [-0.05, 0) is 43.5 Å². The van der Waals surface area contributed by atoms with Crippen molar-refractivity contribution in [2.45, 2.75) is 26.3 Å². The van der Waals surface area contributed by atoms with E-state index in [0.717, 1.165) is 35.3 Å². The summed E-state index contributed by atoms with van der Waals surface area (Å²) < 4.78 is 3.35. The van der Waals surface area contributed by atoms with Gasteiger partial charge in [0.25, 0.3) is 0 Å². The Morgan fingerprint density at radius 3 is 3.00 bits per heavy atom. The van der Waals surface area contributed by atoms with Crippen molar-refractivity contribution >= 4 is 32.5 Å². The van der Waals surface area contributed by atoms with Crippen LogP contribution in [0, 0.1) is 0 Å². The molecule has 0 fully saturated rings. The lowest BCUT2D eigenvalue weighted by molar-refractivity contribution is 0.223. The van der Waals surface area contributed by atoms with E-state index in [-0.39, 0.29) is 0 Å². The van der Waals surface area contributed by atoms with Gasteiger partial charge in [0, 0.05) is 21.9 Å². The number of rotatable bonds is 2. The molecular weight excluding hydrogens is 292 g/mol. The Hall–Kier alpha value is -1.26. The molecule has 3 nitrogen and oxygen atoms in total. The molecule has 1 aromatic carbocycles. The number of benzene rings is 1. The van der Waals surface area contributed by atoms with Crippen LogP contribution < -0.4 is 5.48 Å². The molecule has 4 heteroatoms. The molecule has 0 spiro atoms. The van der Waals surface area contributed by atoms with Crippen LogP contribution in [-0.4, -0.2) is 9.77 Å². The Morgan fingerprint density at radius 1 is 1.44 bits per heavy atom. The highest BCUT2D eigenvalue weighted by atomic mass is 79.9. The van der Waals surface area contributed by atoms with E-state index in [1.54, 1.807) is 0 Å². The van der Waals surface area contributed by atoms with Crippen LogP contribution in [0.5, 0.6) is 0 Å². The van der Waals surface area contributed by atoms with Crippen LogP contribution in [0.15, 0.2) is 28.7 Å². The number of allylic oxidation sites excluding steroid dienone is 1. The van der Waals surface area contributed by atoms with Gasteiger partial charge in [-0.1, -0.05) is 22.0 Å². The van der Waals surface area contributed by atoms with E-state index < -0.39 is 0 Å². The maximum absolute atomic E-state index is 9.30. The summed E-state index contributed by atoms with van der Waals surface area (Å²) in [7, 11) is 0. The quantitative estimate of drug-likeness (QED) is 0.830. The minimum absolute atomic E-state index is 0.824. The summed E-state index contributed by atoms with van der Waals surface area (Å²) in [6, 6.07) is 6.37. The first kappa shape index (κ1) is 11.8. The molecule has 1 aliphatic carbocycles. The average molecular weight is 307 g/mol. The number of aromatic nitrogens is 1. The second kappa shape index (κ2) is 4.44. The van der Waals surface area contributed by atoms with Gasteiger partial charge in [0.1, 0.15) is 0 Å². The highest BCUT2D eigenvalue weighted by Crippen LogP contribution is 2.35. The molecule has 18 heavy (non-hydrogen) atoms. The highest BCUT2D eigenvalue weighted by Gasteiger charge is 2.21. The minimum Gasteiger partial charge on any atom is -0.339 e. The third-order valence-corrected chi connectivity index (χ3v) is 4.06. The molecule has 0 atom stereocenters. The molecule has 0 saturated carbocycles. The van der Waals surface area contributed by atoms with Crippen molar-refractivity contribution in [2.75, 3.05) is 0 Å². The molecule has 0 saturated heterocycles. The maximum atomic E-state index is 9.30. The van der Waals surface area contributed by atoms with Crippen LogP contribution in [0.25, 0.3) is 16.6 Å². The van der Waals surface area contributed by atoms with Crippen molar-refractivity contribution < 1.29 is 5.21 Å². The summed E-state index contributed by atoms with van der Waals surface area (Å²) >= 11 is 3.53. The Morgan fingerprint density at radius 2 is 2.28 bits per heavy atom. The van der Waals surface area contributed by atoms with Gasteiger partial charge in [0.05, 0.1) is 11.4 Å². The highest BCUT2D eigenvalue weighted by molar-refractivity contribution is 9.10. The summed E-state index contributed by atoms with van der Waals surface area (Å²) in [4.78, 5) is 0. The van der Waals surface area contributed by atoms with Gasteiger partial charge < -0.3 is 4.57 Å². The van der Waals surface area contributed by atoms with Crippen molar-refractivity contribution in [3.8, 4) is 0 Å². The van der Waals surface area contributed by atoms with E-state index in [2.05, 4.69) is 57.2 Å². The van der Waals surface area contributed by atoms with Crippen LogP contribution in [-0.2, 0) is 13.0 Å². The fourth-order valence-corrected chi connectivity index (χ4v) is 3.20. The lowest BCUT2D eigenvalue weighted by Crippen LogP contribution is -2.14. The molecule has 1 heterocycles. The fourth-order valence-electron chi connectivity index (χ4n) is 2.84. The number of halogens is 1. The molecule has 0 bridgehead atoms. The molecule has 0 unspecified atom stereocenters. The topological polar surface area (TPSA) is 37.2 Å². The Labute approximate surface area is 114 Å². The lowest BCUT2D eigenvalue weighted by Gasteiger charge is -2.16. The van der Waals surface area contributed by atoms with Gasteiger partial charge >= 0.3 is 0 Å². The molecule has 2 aromatic rings. The third-order valence-electron chi connectivity index (χ3n) is 3.56. The molecule has 1 aromatic heterocycles. The van der Waals surface area contributed by atoms with E-state index >= 15 is 0 Å². The molecule has 3 rings (SSSR count). The Bertz CT molecular complexity index is 643. The van der Waals surface area contributed by atoms with E-state index in [9.17, 15) is 5.21 Å². The number of hydrogen-bond donors (Lipinski definition) is 2. The van der Waals surface area contributed by atoms with E-state index in [0.29, 0.717) is 0 Å². The van der Waals surface area contributed by atoms with Crippen molar-refractivity contribution in [2.24, 2.45) is 0 Å². The number of aryl methyl sites for hydroxylation is 2. The largest absolute Gasteiger partial charge is 0.339 e. The van der Waals surface area contributed by atoms with Crippen molar-refractivity contribution in [1.29, 1.82) is 0 Å². The van der Waals surface area contributed by atoms with Crippen molar-refractivity contribution in [3.63, 3.8) is 0 Å². The van der Waals surface area contributed by atoms with Gasteiger partial charge in [-0.25, -0.2) is 0 Å². The first-order valence-electron chi connectivity index (χ1n) is 6.17. The van der Waals surface area contributed by atoms with Gasteiger partial charge in [-0.3, -0.25) is 10.7 Å². The number of nitrogens with one attached hydrogen (secondary N) is 1. The molecule has 1 aliphatic rings. The zero-order chi connectivity index (χ0) is 12.7. The molecule has 0 radical (unpaired) electrons. The summed E-state index contributed by atoms with van der Waals surface area (Å²) in [6.45, 7) is 3.03. The normalized spacial score (nSPS) is 14.5. The smallest absolute Gasteiger partial charge is 0.0802 e. The summed E-state index contributed by atoms with van der Waals surface area (Å²) in [5.74, 6) is 0. The van der Waals surface area contributed by atoms with Crippen molar-refractivity contribution in [1.82, 2.24) is 10.0 Å². The van der Waals surface area contributed by atoms with E-state index in [1.807, 2.05) is 0 Å². The Kier molecular flexibility index (Phi) is 2.92. The average Bonchev–Trinajstić information content (AvgIpc) is 2.72. The second-order valence-corrected chi connectivity index (χ2v) is 5.42. The van der Waals surface area contributed by atoms with Gasteiger partial charge in [-0.15, -0.1) is 0 Å². The van der Waals surface area contributed by atoms with Gasteiger partial charge in [-0.2, -0.15) is 0 Å². The van der Waals surface area contributed by atoms with Crippen LogP contribution in [0.1, 0.15) is 24.6 Å². The van der Waals surface area contributed by atoms with Crippen LogP contribution in [0.2, 0.25) is 0 Å². The first-order valence-corrected chi connectivity index (χ1v) is 6.96. The zero-order valence-corrected chi connectivity index (χ0v) is 11.8. The summed E-state index contributed by atoms with van der Waals surface area (Å²) in [6.07, 6.45) is 4.05. The van der Waals surface area contributed by atoms with Gasteiger partial charge in [0.15, 0.2) is 0 Å². The maximum Gasteiger partial charge on any atom is 0.0802 e. The van der Waals surface area contributed by atoms with Crippen molar-refractivity contribution in [3.05, 3.63) is 40.0 Å². The fraction of sp³-hybridized carbons (Fsp3) is 0.286. The van der Waals surface area contributed by atoms with E-state index in [4.69, 9.17) is 0 Å². The summed E-state index contributed by atoms with van der Waals surface area (Å²) in [5.41, 5.74) is 6.84. The monoisotopic (exact) mass is 306 g/mol. The number of hydrogen-bond acceptors (Lipinski definition) is 2. The predicted molar refractivity (Wildman–Crippen MR) is 76.5 cm³/mol. The van der Waals surface area contributed by atoms with Crippen LogP contribution in [0.3, 0.4) is 0 Å². The molecule has 2 N–H and O–H groups in total. The Balaban J connectivity index is 2.39. The predicted octanol–water partition coefficient (Wildman–Crippen LogP) is 3.69. The lowest BCUT2D eigenvalue weighted by atomic mass is 9.99. The molecule has 94 valence electrons. The third kappa shape index (κ3) is 1.60. The number of hydroxylamine groups is 1. The number of nitrogens with zero attached hydrogens (tertiary/aromatic N) is 1. The zero-order valence-electron chi connectivity index (χ0n) is 10.2. The second-order valence-electron chi connectivity index (χ2n) is 4.50. The molecule has 0 amide bonds. The van der Waals surface area contributed by atoms with Crippen LogP contribution >= 0.6 is 15.9 Å². The SMILES string of the molecule is CCn1c2c(c3cc(Br)ccc31)CCC=C2NO. The standard InChI is InChI=1S/C14H15BrN2O/c1-2-17-13-7-6-9(15)8-11(13)10-4-3-5-12(16-18)14(10)17/h5-8,16,18H,2-4H2,1H3. The van der Waals surface area contributed by atoms with Gasteiger partial charge in [0.2, 0.25) is 0 Å². The first-order chi connectivity index (χ1) is 8.76. The molecular formula is C14H15BrN2O. The number of fused-ring (bicyclic) bond motifs is 3. The molecule has 0 aliphatic heterocycles. The minimum atomic E-state index is 0.824. The van der Waals surface area contributed by atoms with E-state index in [1.165, 1.54) is 16.5 Å². The summed E-state index contributed by atoms with van der Waals surface area (Å²) in [5, 5.41) is 10.6.